The fourth-order valence-corrected chi connectivity index (χ4v) is 2.04. The van der Waals surface area contributed by atoms with Gasteiger partial charge in [0.05, 0.1) is 6.20 Å². The molecule has 0 fully saturated rings. The number of carboxylic acids is 1. The molecule has 0 aliphatic rings. The Morgan fingerprint density at radius 1 is 1.38 bits per heavy atom. The highest BCUT2D eigenvalue weighted by Crippen LogP contribution is 2.14. The first-order valence-corrected chi connectivity index (χ1v) is 7.12. The number of anilines is 1. The van der Waals surface area contributed by atoms with E-state index in [1.807, 2.05) is 41.3 Å². The summed E-state index contributed by atoms with van der Waals surface area (Å²) in [5.74, 6) is -0.769. The normalized spacial score (nSPS) is 10.8. The topological polar surface area (TPSA) is 67.2 Å². The van der Waals surface area contributed by atoms with Gasteiger partial charge in [-0.3, -0.25) is 9.48 Å². The summed E-state index contributed by atoms with van der Waals surface area (Å²) in [6.45, 7) is 4.89. The molecule has 0 saturated heterocycles. The predicted molar refractivity (Wildman–Crippen MR) is 82.3 cm³/mol. The van der Waals surface area contributed by atoms with Crippen molar-refractivity contribution in [3.8, 4) is 0 Å². The number of benzene rings is 1. The molecular weight excluding hydrogens is 266 g/mol. The Kier molecular flexibility index (Phi) is 4.98. The Morgan fingerprint density at radius 2 is 2.19 bits per heavy atom. The quantitative estimate of drug-likeness (QED) is 0.821. The average molecular weight is 287 g/mol. The molecule has 112 valence electrons. The highest BCUT2D eigenvalue weighted by Gasteiger charge is 2.03. The number of aryl methyl sites for hydroxylation is 1. The summed E-state index contributed by atoms with van der Waals surface area (Å²) in [6, 6.07) is 8.23. The molecule has 0 aliphatic heterocycles. The minimum Gasteiger partial charge on any atom is -0.481 e. The number of hydrogen-bond donors (Lipinski definition) is 2. The molecule has 21 heavy (non-hydrogen) atoms. The predicted octanol–water partition coefficient (Wildman–Crippen LogP) is 3.09. The fraction of sp³-hybridized carbons (Fsp3) is 0.375. The van der Waals surface area contributed by atoms with E-state index >= 15 is 0 Å². The number of aromatic nitrogens is 2. The number of hydrogen-bond acceptors (Lipinski definition) is 3. The lowest BCUT2D eigenvalue weighted by atomic mass is 10.1. The van der Waals surface area contributed by atoms with Crippen molar-refractivity contribution in [3.05, 3.63) is 47.8 Å². The van der Waals surface area contributed by atoms with Crippen LogP contribution < -0.4 is 5.32 Å². The molecule has 0 aliphatic carbocycles. The second-order valence-corrected chi connectivity index (χ2v) is 5.37. The molecule has 0 bridgehead atoms. The second kappa shape index (κ2) is 6.92. The van der Waals surface area contributed by atoms with Crippen LogP contribution in [-0.4, -0.2) is 20.9 Å². The van der Waals surface area contributed by atoms with Crippen molar-refractivity contribution in [2.75, 3.05) is 5.32 Å². The fourth-order valence-electron chi connectivity index (χ4n) is 2.04. The zero-order chi connectivity index (χ0) is 15.2. The van der Waals surface area contributed by atoms with Crippen LogP contribution in [0, 0.1) is 0 Å². The number of nitrogens with zero attached hydrogens (tertiary/aromatic N) is 2. The van der Waals surface area contributed by atoms with Crippen molar-refractivity contribution in [2.24, 2.45) is 0 Å². The standard InChI is InChI=1S/C16H21N3O2/c1-12(2)19-11-14(10-18-19)9-17-15-5-3-4-13(8-15)6-7-16(20)21/h3-5,8,10-12,17H,6-7,9H2,1-2H3,(H,20,21). The molecule has 0 saturated carbocycles. The van der Waals surface area contributed by atoms with Gasteiger partial charge in [0, 0.05) is 36.5 Å². The number of aliphatic carboxylic acids is 1. The van der Waals surface area contributed by atoms with E-state index in [-0.39, 0.29) is 6.42 Å². The lowest BCUT2D eigenvalue weighted by molar-refractivity contribution is -0.136. The van der Waals surface area contributed by atoms with Crippen LogP contribution in [-0.2, 0) is 17.8 Å². The maximum absolute atomic E-state index is 10.6. The molecule has 0 unspecified atom stereocenters. The lowest BCUT2D eigenvalue weighted by Crippen LogP contribution is -2.02. The van der Waals surface area contributed by atoms with Gasteiger partial charge in [-0.2, -0.15) is 5.10 Å². The highest BCUT2D eigenvalue weighted by molar-refractivity contribution is 5.67. The summed E-state index contributed by atoms with van der Waals surface area (Å²) >= 11 is 0. The van der Waals surface area contributed by atoms with Crippen LogP contribution in [0.25, 0.3) is 0 Å². The molecule has 2 aromatic rings. The molecule has 1 aromatic carbocycles. The van der Waals surface area contributed by atoms with Gasteiger partial charge in [-0.05, 0) is 38.0 Å². The smallest absolute Gasteiger partial charge is 0.303 e. The van der Waals surface area contributed by atoms with Crippen molar-refractivity contribution in [2.45, 2.75) is 39.3 Å². The van der Waals surface area contributed by atoms with Crippen molar-refractivity contribution >= 4 is 11.7 Å². The van der Waals surface area contributed by atoms with Crippen LogP contribution in [0.2, 0.25) is 0 Å². The monoisotopic (exact) mass is 287 g/mol. The Bertz CT molecular complexity index is 605. The Hall–Kier alpha value is -2.30. The van der Waals surface area contributed by atoms with Crippen molar-refractivity contribution in [1.82, 2.24) is 9.78 Å². The van der Waals surface area contributed by atoms with Crippen molar-refractivity contribution < 1.29 is 9.90 Å². The summed E-state index contributed by atoms with van der Waals surface area (Å²) in [5.41, 5.74) is 3.15. The van der Waals surface area contributed by atoms with Gasteiger partial charge in [-0.25, -0.2) is 0 Å². The molecule has 5 heteroatoms. The van der Waals surface area contributed by atoms with Crippen LogP contribution in [0.5, 0.6) is 0 Å². The summed E-state index contributed by atoms with van der Waals surface area (Å²) < 4.78 is 1.93. The molecule has 0 amide bonds. The summed E-state index contributed by atoms with van der Waals surface area (Å²) in [5, 5.41) is 16.4. The van der Waals surface area contributed by atoms with Gasteiger partial charge in [0.1, 0.15) is 0 Å². The largest absolute Gasteiger partial charge is 0.481 e. The SMILES string of the molecule is CC(C)n1cc(CNc2cccc(CCC(=O)O)c2)cn1. The Balaban J connectivity index is 1.93. The lowest BCUT2D eigenvalue weighted by Gasteiger charge is -2.07. The van der Waals surface area contributed by atoms with E-state index in [0.29, 0.717) is 19.0 Å². The Morgan fingerprint density at radius 3 is 2.86 bits per heavy atom. The molecular formula is C16H21N3O2. The zero-order valence-electron chi connectivity index (χ0n) is 12.4. The maximum Gasteiger partial charge on any atom is 0.303 e. The van der Waals surface area contributed by atoms with Gasteiger partial charge in [0.25, 0.3) is 0 Å². The molecule has 1 heterocycles. The minimum atomic E-state index is -0.769. The Labute approximate surface area is 124 Å². The third-order valence-corrected chi connectivity index (χ3v) is 3.24. The number of carbonyl (C=O) groups is 1. The van der Waals surface area contributed by atoms with Gasteiger partial charge < -0.3 is 10.4 Å². The zero-order valence-corrected chi connectivity index (χ0v) is 12.4. The van der Waals surface area contributed by atoms with E-state index in [1.165, 1.54) is 0 Å². The molecule has 2 rings (SSSR count). The van der Waals surface area contributed by atoms with Gasteiger partial charge >= 0.3 is 5.97 Å². The van der Waals surface area contributed by atoms with Crippen molar-refractivity contribution in [1.29, 1.82) is 0 Å². The van der Waals surface area contributed by atoms with Crippen LogP contribution >= 0.6 is 0 Å². The van der Waals surface area contributed by atoms with Crippen LogP contribution in [0.15, 0.2) is 36.7 Å². The van der Waals surface area contributed by atoms with Gasteiger partial charge in [0.2, 0.25) is 0 Å². The van der Waals surface area contributed by atoms with E-state index in [2.05, 4.69) is 24.3 Å². The summed E-state index contributed by atoms with van der Waals surface area (Å²) in [4.78, 5) is 10.6. The van der Waals surface area contributed by atoms with E-state index < -0.39 is 5.97 Å². The first-order valence-electron chi connectivity index (χ1n) is 7.12. The van der Waals surface area contributed by atoms with Crippen LogP contribution in [0.1, 0.15) is 37.4 Å². The minimum absolute atomic E-state index is 0.157. The van der Waals surface area contributed by atoms with Gasteiger partial charge in [-0.15, -0.1) is 0 Å². The summed E-state index contributed by atoms with van der Waals surface area (Å²) in [7, 11) is 0. The first-order chi connectivity index (χ1) is 10.0. The number of carboxylic acid groups (broad SMARTS) is 1. The highest BCUT2D eigenvalue weighted by atomic mass is 16.4. The molecule has 1 aromatic heterocycles. The summed E-state index contributed by atoms with van der Waals surface area (Å²) in [6.07, 6.45) is 4.61. The molecule has 0 atom stereocenters. The van der Waals surface area contributed by atoms with Crippen LogP contribution in [0.4, 0.5) is 5.69 Å². The van der Waals surface area contributed by atoms with Crippen molar-refractivity contribution in [3.63, 3.8) is 0 Å². The second-order valence-electron chi connectivity index (χ2n) is 5.37. The molecule has 5 nitrogen and oxygen atoms in total. The first kappa shape index (κ1) is 15.1. The van der Waals surface area contributed by atoms with Gasteiger partial charge in [-0.1, -0.05) is 12.1 Å². The molecule has 2 N–H and O–H groups in total. The third-order valence-electron chi connectivity index (χ3n) is 3.24. The molecule has 0 spiro atoms. The average Bonchev–Trinajstić information content (AvgIpc) is 2.92. The maximum atomic E-state index is 10.6. The number of rotatable bonds is 7. The van der Waals surface area contributed by atoms with E-state index in [4.69, 9.17) is 5.11 Å². The van der Waals surface area contributed by atoms with Gasteiger partial charge in [0.15, 0.2) is 0 Å². The van der Waals surface area contributed by atoms with Crippen LogP contribution in [0.3, 0.4) is 0 Å². The van der Waals surface area contributed by atoms with E-state index in [1.54, 1.807) is 0 Å². The van der Waals surface area contributed by atoms with E-state index in [0.717, 1.165) is 16.8 Å². The number of nitrogens with one attached hydrogen (secondary N) is 1. The third kappa shape index (κ3) is 4.63. The molecule has 0 radical (unpaired) electrons. The van der Waals surface area contributed by atoms with E-state index in [9.17, 15) is 4.79 Å².